The number of nitrogen functional groups attached to an aromatic ring is 1. The normalized spacial score (nSPS) is 19.8. The Labute approximate surface area is 365 Å². The van der Waals surface area contributed by atoms with Crippen molar-refractivity contribution in [1.29, 1.82) is 0 Å². The molecule has 0 bridgehead atoms. The number of anilines is 1. The van der Waals surface area contributed by atoms with Crippen LogP contribution in [0.5, 0.6) is 11.5 Å². The van der Waals surface area contributed by atoms with Gasteiger partial charge >= 0.3 is 0 Å². The number of nitrogens with zero attached hydrogens (tertiary/aromatic N) is 8. The second-order valence-corrected chi connectivity index (χ2v) is 17.6. The number of ether oxygens (including phenoxy) is 1. The number of aromatic nitrogens is 4. The van der Waals surface area contributed by atoms with Crippen molar-refractivity contribution in [2.75, 3.05) is 63.8 Å². The maximum Gasteiger partial charge on any atom is 0.255 e. The van der Waals surface area contributed by atoms with Gasteiger partial charge < -0.3 is 30.1 Å². The summed E-state index contributed by atoms with van der Waals surface area (Å²) in [5, 5.41) is 8.16. The van der Waals surface area contributed by atoms with Gasteiger partial charge in [0.05, 0.1) is 11.4 Å². The SMILES string of the molecule is Nc1ncnc2c1c(-c1ccc(Oc3ccccc3)cc1)nn2[C@@H]1CCCN(C(=O)CCCN2CCN(CCCSc3cccc4c3CN(C3CCC(=O)NC3=O)C4=O)CC2)C1. The van der Waals surface area contributed by atoms with E-state index in [2.05, 4.69) is 31.2 Å². The van der Waals surface area contributed by atoms with Crippen molar-refractivity contribution in [2.24, 2.45) is 0 Å². The first-order valence-electron chi connectivity index (χ1n) is 21.7. The average Bonchev–Trinajstić information content (AvgIpc) is 3.85. The first-order valence-corrected chi connectivity index (χ1v) is 22.7. The number of rotatable bonds is 14. The average molecular weight is 857 g/mol. The van der Waals surface area contributed by atoms with Crippen molar-refractivity contribution in [3.63, 3.8) is 0 Å². The van der Waals surface area contributed by atoms with Crippen LogP contribution in [-0.2, 0) is 20.9 Å². The fourth-order valence-electron chi connectivity index (χ4n) is 9.15. The minimum atomic E-state index is -0.605. The monoisotopic (exact) mass is 856 g/mol. The molecule has 1 unspecified atom stereocenters. The van der Waals surface area contributed by atoms with Crippen LogP contribution < -0.4 is 15.8 Å². The lowest BCUT2D eigenvalue weighted by Gasteiger charge is -2.35. The van der Waals surface area contributed by atoms with Crippen molar-refractivity contribution < 1.29 is 23.9 Å². The maximum atomic E-state index is 13.6. The highest BCUT2D eigenvalue weighted by Gasteiger charge is 2.40. The van der Waals surface area contributed by atoms with Crippen LogP contribution in [-0.4, -0.2) is 127 Å². The molecule has 4 aliphatic heterocycles. The summed E-state index contributed by atoms with van der Waals surface area (Å²) >= 11 is 1.77. The van der Waals surface area contributed by atoms with Gasteiger partial charge in [-0.1, -0.05) is 24.3 Å². The number of imide groups is 1. The first-order chi connectivity index (χ1) is 30.3. The number of benzene rings is 3. The van der Waals surface area contributed by atoms with Crippen LogP contribution >= 0.6 is 11.8 Å². The van der Waals surface area contributed by atoms with Crippen molar-refractivity contribution in [1.82, 2.24) is 44.7 Å². The van der Waals surface area contributed by atoms with Crippen LogP contribution in [0.3, 0.4) is 0 Å². The lowest BCUT2D eigenvalue weighted by Crippen LogP contribution is -2.52. The zero-order chi connectivity index (χ0) is 42.6. The predicted octanol–water partition coefficient (Wildman–Crippen LogP) is 5.37. The molecule has 9 rings (SSSR count). The smallest absolute Gasteiger partial charge is 0.255 e. The third-order valence-corrected chi connectivity index (χ3v) is 13.7. The van der Waals surface area contributed by atoms with E-state index in [1.807, 2.05) is 76.3 Å². The van der Waals surface area contributed by atoms with Crippen molar-refractivity contribution in [3.8, 4) is 22.8 Å². The molecule has 4 aliphatic rings. The molecule has 0 saturated carbocycles. The van der Waals surface area contributed by atoms with E-state index in [0.717, 1.165) is 105 Å². The quantitative estimate of drug-likeness (QED) is 0.0833. The predicted molar refractivity (Wildman–Crippen MR) is 236 cm³/mol. The summed E-state index contributed by atoms with van der Waals surface area (Å²) in [4.78, 5) is 69.5. The van der Waals surface area contributed by atoms with Gasteiger partial charge in [0.15, 0.2) is 5.65 Å². The molecule has 322 valence electrons. The molecule has 3 aromatic carbocycles. The lowest BCUT2D eigenvalue weighted by atomic mass is 10.0. The highest BCUT2D eigenvalue weighted by atomic mass is 32.2. The fourth-order valence-corrected chi connectivity index (χ4v) is 10.2. The van der Waals surface area contributed by atoms with E-state index in [-0.39, 0.29) is 36.1 Å². The Morgan fingerprint density at radius 2 is 1.61 bits per heavy atom. The van der Waals surface area contributed by atoms with Gasteiger partial charge in [-0.2, -0.15) is 5.10 Å². The van der Waals surface area contributed by atoms with Gasteiger partial charge in [0.25, 0.3) is 5.91 Å². The van der Waals surface area contributed by atoms with Gasteiger partial charge in [-0.05, 0) is 105 Å². The molecule has 5 aromatic rings. The summed E-state index contributed by atoms with van der Waals surface area (Å²) in [5.41, 5.74) is 10.3. The number of para-hydroxylation sites is 1. The fraction of sp³-hybridized carbons (Fsp3) is 0.413. The van der Waals surface area contributed by atoms with Crippen molar-refractivity contribution >= 4 is 52.2 Å². The molecule has 0 spiro atoms. The van der Waals surface area contributed by atoms with E-state index in [1.54, 1.807) is 16.7 Å². The Bertz CT molecular complexity index is 2440. The summed E-state index contributed by atoms with van der Waals surface area (Å²) in [6.45, 7) is 7.60. The van der Waals surface area contributed by atoms with E-state index >= 15 is 0 Å². The highest BCUT2D eigenvalue weighted by molar-refractivity contribution is 7.99. The number of hydrogen-bond donors (Lipinski definition) is 2. The van der Waals surface area contributed by atoms with Crippen molar-refractivity contribution in [2.45, 2.75) is 68.5 Å². The van der Waals surface area contributed by atoms with Crippen LogP contribution in [0, 0.1) is 0 Å². The molecule has 2 atom stereocenters. The Morgan fingerprint density at radius 3 is 2.39 bits per heavy atom. The minimum Gasteiger partial charge on any atom is -0.457 e. The summed E-state index contributed by atoms with van der Waals surface area (Å²) in [6, 6.07) is 22.6. The highest BCUT2D eigenvalue weighted by Crippen LogP contribution is 2.36. The summed E-state index contributed by atoms with van der Waals surface area (Å²) in [5.74, 6) is 2.17. The van der Waals surface area contributed by atoms with Crippen LogP contribution in [0.15, 0.2) is 84.0 Å². The number of piperidine rings is 2. The van der Waals surface area contributed by atoms with Crippen LogP contribution in [0.25, 0.3) is 22.3 Å². The lowest BCUT2D eigenvalue weighted by molar-refractivity contribution is -0.137. The Hall–Kier alpha value is -5.84. The largest absolute Gasteiger partial charge is 0.457 e. The third-order valence-electron chi connectivity index (χ3n) is 12.5. The van der Waals surface area contributed by atoms with Gasteiger partial charge in [-0.25, -0.2) is 14.6 Å². The molecule has 6 heterocycles. The van der Waals surface area contributed by atoms with Crippen LogP contribution in [0.2, 0.25) is 0 Å². The number of likely N-dealkylation sites (tertiary alicyclic amines) is 1. The standard InChI is InChI=1S/C46H52N10O5S/c47-43-41-42(31-14-16-34(17-15-31)61-33-9-2-1-3-10-33)51-56(44(41)49-30-48-43)32-8-5-22-54(28-32)40(58)13-6-20-52-23-25-53(26-24-52)21-7-27-62-38-12-4-11-35-36(38)29-55(46(35)60)37-18-19-39(57)50-45(37)59/h1-4,9-12,14-17,30,32,37H,5-8,13,18-29H2,(H2,47,48,49)(H,50,57,59)/t32-,37?/m1/s1. The van der Waals surface area contributed by atoms with Gasteiger partial charge in [-0.15, -0.1) is 11.8 Å². The molecule has 2 aromatic heterocycles. The second kappa shape index (κ2) is 18.6. The maximum absolute atomic E-state index is 13.6. The third kappa shape index (κ3) is 9.03. The number of hydrogen-bond acceptors (Lipinski definition) is 12. The molecular formula is C46H52N10O5S. The van der Waals surface area contributed by atoms with E-state index in [4.69, 9.17) is 15.6 Å². The number of thioether (sulfide) groups is 1. The van der Waals surface area contributed by atoms with Crippen LogP contribution in [0.4, 0.5) is 5.82 Å². The molecular weight excluding hydrogens is 805 g/mol. The molecule has 4 amide bonds. The number of piperazine rings is 1. The number of amides is 4. The first kappa shape index (κ1) is 41.5. The van der Waals surface area contributed by atoms with Gasteiger partial charge in [0.1, 0.15) is 35.4 Å². The number of nitrogens with two attached hydrogens (primary N) is 1. The van der Waals surface area contributed by atoms with E-state index in [0.29, 0.717) is 54.0 Å². The zero-order valence-electron chi connectivity index (χ0n) is 34.8. The van der Waals surface area contributed by atoms with Gasteiger partial charge in [-0.3, -0.25) is 24.5 Å². The zero-order valence-corrected chi connectivity index (χ0v) is 35.6. The minimum absolute atomic E-state index is 0.0292. The van der Waals surface area contributed by atoms with Gasteiger partial charge in [0.2, 0.25) is 17.7 Å². The Kier molecular flexibility index (Phi) is 12.5. The molecule has 0 aliphatic carbocycles. The van der Waals surface area contributed by atoms with Crippen LogP contribution in [0.1, 0.15) is 66.9 Å². The number of nitrogens with one attached hydrogen (secondary N) is 1. The van der Waals surface area contributed by atoms with E-state index in [1.165, 1.54) is 6.33 Å². The summed E-state index contributed by atoms with van der Waals surface area (Å²) in [6.07, 6.45) is 6.22. The Balaban J connectivity index is 0.716. The molecule has 0 radical (unpaired) electrons. The molecule has 3 saturated heterocycles. The molecule has 15 nitrogen and oxygen atoms in total. The number of carbonyl (C=O) groups excluding carboxylic acids is 4. The summed E-state index contributed by atoms with van der Waals surface area (Å²) < 4.78 is 7.95. The molecule has 62 heavy (non-hydrogen) atoms. The molecule has 3 N–H and O–H groups in total. The number of carbonyl (C=O) groups is 4. The molecule has 3 fully saturated rings. The van der Waals surface area contributed by atoms with E-state index in [9.17, 15) is 19.2 Å². The summed E-state index contributed by atoms with van der Waals surface area (Å²) in [7, 11) is 0. The number of fused-ring (bicyclic) bond motifs is 2. The van der Waals surface area contributed by atoms with Crippen molar-refractivity contribution in [3.05, 3.63) is 90.3 Å². The van der Waals surface area contributed by atoms with E-state index < -0.39 is 6.04 Å². The molecule has 16 heteroatoms. The van der Waals surface area contributed by atoms with Gasteiger partial charge in [0, 0.05) is 74.7 Å². The topological polar surface area (TPSA) is 172 Å². The second-order valence-electron chi connectivity index (χ2n) is 16.5. The Morgan fingerprint density at radius 1 is 0.855 bits per heavy atom.